The molecule has 1 saturated heterocycles. The molecule has 8 heteroatoms. The first-order valence-electron chi connectivity index (χ1n) is 9.79. The first-order chi connectivity index (χ1) is 13.8. The van der Waals surface area contributed by atoms with E-state index >= 15 is 0 Å². The van der Waals surface area contributed by atoms with Crippen LogP contribution in [0.1, 0.15) is 31.7 Å². The second kappa shape index (κ2) is 8.85. The van der Waals surface area contributed by atoms with Crippen LogP contribution < -0.4 is 4.74 Å². The molecule has 2 aromatic rings. The lowest BCUT2D eigenvalue weighted by Gasteiger charge is -2.31. The van der Waals surface area contributed by atoms with Gasteiger partial charge in [-0.05, 0) is 62.1 Å². The molecule has 0 radical (unpaired) electrons. The largest absolute Gasteiger partial charge is 0.493 e. The van der Waals surface area contributed by atoms with E-state index in [0.717, 1.165) is 12.0 Å². The van der Waals surface area contributed by atoms with Crippen molar-refractivity contribution >= 4 is 19.9 Å². The van der Waals surface area contributed by atoms with Crippen molar-refractivity contribution in [2.45, 2.75) is 48.2 Å². The third kappa shape index (κ3) is 4.65. The van der Waals surface area contributed by atoms with E-state index in [1.54, 1.807) is 48.5 Å². The minimum absolute atomic E-state index is 0.187. The van der Waals surface area contributed by atoms with Gasteiger partial charge in [-0.15, -0.1) is 0 Å². The van der Waals surface area contributed by atoms with Crippen LogP contribution in [0.4, 0.5) is 0 Å². The summed E-state index contributed by atoms with van der Waals surface area (Å²) >= 11 is 0. The van der Waals surface area contributed by atoms with Crippen LogP contribution in [-0.4, -0.2) is 46.1 Å². The molecule has 0 bridgehead atoms. The Labute approximate surface area is 173 Å². The highest BCUT2D eigenvalue weighted by Crippen LogP contribution is 2.29. The molecule has 0 aliphatic carbocycles. The number of hydrogen-bond acceptors (Lipinski definition) is 5. The highest BCUT2D eigenvalue weighted by atomic mass is 32.2. The smallest absolute Gasteiger partial charge is 0.243 e. The molecule has 6 nitrogen and oxygen atoms in total. The van der Waals surface area contributed by atoms with E-state index in [0.29, 0.717) is 17.3 Å². The summed E-state index contributed by atoms with van der Waals surface area (Å²) in [6.07, 6.45) is 1.45. The number of benzene rings is 2. The zero-order valence-electron chi connectivity index (χ0n) is 16.7. The Morgan fingerprint density at radius 2 is 1.62 bits per heavy atom. The summed E-state index contributed by atoms with van der Waals surface area (Å²) in [5.41, 5.74) is 0.765. The van der Waals surface area contributed by atoms with E-state index in [1.165, 1.54) is 4.31 Å². The molecule has 2 aromatic carbocycles. The van der Waals surface area contributed by atoms with E-state index in [2.05, 4.69) is 0 Å². The number of ether oxygens (including phenoxy) is 1. The summed E-state index contributed by atoms with van der Waals surface area (Å²) in [5.74, 6) is 0.679. The van der Waals surface area contributed by atoms with Crippen molar-refractivity contribution in [2.75, 3.05) is 19.7 Å². The molecule has 29 heavy (non-hydrogen) atoms. The van der Waals surface area contributed by atoms with E-state index < -0.39 is 25.1 Å². The molecule has 3 rings (SSSR count). The number of nitrogens with zero attached hydrogens (tertiary/aromatic N) is 1. The monoisotopic (exact) mass is 437 g/mol. The van der Waals surface area contributed by atoms with Gasteiger partial charge in [0.1, 0.15) is 5.75 Å². The van der Waals surface area contributed by atoms with Crippen molar-refractivity contribution in [3.05, 3.63) is 54.1 Å². The van der Waals surface area contributed by atoms with Crippen molar-refractivity contribution in [2.24, 2.45) is 0 Å². The van der Waals surface area contributed by atoms with Crippen LogP contribution in [0.25, 0.3) is 0 Å². The molecule has 0 atom stereocenters. The number of sulfonamides is 1. The molecule has 1 heterocycles. The third-order valence-corrected chi connectivity index (χ3v) is 9.33. The van der Waals surface area contributed by atoms with Gasteiger partial charge in [0.2, 0.25) is 10.0 Å². The molecule has 0 aromatic heterocycles. The van der Waals surface area contributed by atoms with Crippen LogP contribution in [0.2, 0.25) is 0 Å². The molecule has 0 unspecified atom stereocenters. The van der Waals surface area contributed by atoms with Gasteiger partial charge in [-0.3, -0.25) is 0 Å². The molecule has 0 spiro atoms. The zero-order valence-corrected chi connectivity index (χ0v) is 18.4. The van der Waals surface area contributed by atoms with Gasteiger partial charge in [0, 0.05) is 13.1 Å². The maximum absolute atomic E-state index is 13.0. The Morgan fingerprint density at radius 3 is 2.21 bits per heavy atom. The zero-order chi connectivity index (χ0) is 21.1. The number of piperidine rings is 1. The molecule has 1 aliphatic rings. The molecule has 0 amide bonds. The average Bonchev–Trinajstić information content (AvgIpc) is 2.73. The maximum atomic E-state index is 13.0. The molecule has 1 aliphatic heterocycles. The summed E-state index contributed by atoms with van der Waals surface area (Å²) in [5, 5.41) is -0.567. The van der Waals surface area contributed by atoms with E-state index in [4.69, 9.17) is 4.74 Å². The van der Waals surface area contributed by atoms with Gasteiger partial charge in [0.25, 0.3) is 0 Å². The van der Waals surface area contributed by atoms with E-state index in [9.17, 15) is 16.8 Å². The first kappa shape index (κ1) is 21.8. The van der Waals surface area contributed by atoms with Gasteiger partial charge in [0.15, 0.2) is 9.84 Å². The van der Waals surface area contributed by atoms with Crippen molar-refractivity contribution in [1.82, 2.24) is 4.31 Å². The van der Waals surface area contributed by atoms with Crippen molar-refractivity contribution in [3.63, 3.8) is 0 Å². The Kier molecular flexibility index (Phi) is 6.65. The van der Waals surface area contributed by atoms with Crippen LogP contribution >= 0.6 is 0 Å². The molecular formula is C21H27NO5S2. The lowest BCUT2D eigenvalue weighted by atomic mass is 10.2. The fourth-order valence-electron chi connectivity index (χ4n) is 3.49. The predicted molar refractivity (Wildman–Crippen MR) is 112 cm³/mol. The lowest BCUT2D eigenvalue weighted by molar-refractivity contribution is 0.315. The van der Waals surface area contributed by atoms with Gasteiger partial charge in [-0.1, -0.05) is 25.1 Å². The SMILES string of the molecule is CCCOc1ccc(S(=O)(=O)N2CCC(S(=O)(=O)c3ccccc3)CC2)cc1C. The predicted octanol–water partition coefficient (Wildman–Crippen LogP) is 3.41. The molecular weight excluding hydrogens is 410 g/mol. The summed E-state index contributed by atoms with van der Waals surface area (Å²) in [6.45, 7) is 4.78. The summed E-state index contributed by atoms with van der Waals surface area (Å²) < 4.78 is 58.7. The van der Waals surface area contributed by atoms with Gasteiger partial charge in [-0.2, -0.15) is 4.31 Å². The lowest BCUT2D eigenvalue weighted by Crippen LogP contribution is -2.42. The molecule has 158 valence electrons. The normalized spacial score (nSPS) is 16.6. The summed E-state index contributed by atoms with van der Waals surface area (Å²) in [7, 11) is -7.13. The average molecular weight is 438 g/mol. The van der Waals surface area contributed by atoms with Crippen molar-refractivity contribution in [3.8, 4) is 5.75 Å². The van der Waals surface area contributed by atoms with Crippen LogP contribution in [-0.2, 0) is 19.9 Å². The van der Waals surface area contributed by atoms with Crippen molar-refractivity contribution in [1.29, 1.82) is 0 Å². The Bertz CT molecular complexity index is 1040. The highest BCUT2D eigenvalue weighted by Gasteiger charge is 2.35. The van der Waals surface area contributed by atoms with Gasteiger partial charge < -0.3 is 4.74 Å². The van der Waals surface area contributed by atoms with Crippen LogP contribution in [0.15, 0.2) is 58.3 Å². The van der Waals surface area contributed by atoms with Crippen LogP contribution in [0.3, 0.4) is 0 Å². The molecule has 1 fully saturated rings. The van der Waals surface area contributed by atoms with Gasteiger partial charge in [0.05, 0.1) is 21.6 Å². The maximum Gasteiger partial charge on any atom is 0.243 e. The van der Waals surface area contributed by atoms with Crippen LogP contribution in [0.5, 0.6) is 5.75 Å². The Balaban J connectivity index is 1.72. The third-order valence-electron chi connectivity index (χ3n) is 5.16. The molecule has 0 N–H and O–H groups in total. The van der Waals surface area contributed by atoms with Crippen molar-refractivity contribution < 1.29 is 21.6 Å². The highest BCUT2D eigenvalue weighted by molar-refractivity contribution is 7.92. The fraction of sp³-hybridized carbons (Fsp3) is 0.429. The number of rotatable bonds is 7. The Morgan fingerprint density at radius 1 is 0.966 bits per heavy atom. The topological polar surface area (TPSA) is 80.8 Å². The second-order valence-electron chi connectivity index (χ2n) is 7.24. The number of aryl methyl sites for hydroxylation is 1. The standard InChI is InChI=1S/C21H27NO5S2/c1-3-15-27-21-10-9-20(16-17(21)2)29(25,26)22-13-11-19(12-14-22)28(23,24)18-7-5-4-6-8-18/h4-10,16,19H,3,11-15H2,1-2H3. The van der Waals surface area contributed by atoms with Crippen LogP contribution in [0, 0.1) is 6.92 Å². The van der Waals surface area contributed by atoms with E-state index in [-0.39, 0.29) is 30.8 Å². The minimum Gasteiger partial charge on any atom is -0.493 e. The quantitative estimate of drug-likeness (QED) is 0.663. The van der Waals surface area contributed by atoms with Gasteiger partial charge in [-0.25, -0.2) is 16.8 Å². The van der Waals surface area contributed by atoms with Gasteiger partial charge >= 0.3 is 0 Å². The minimum atomic E-state index is -3.67. The molecule has 0 saturated carbocycles. The summed E-state index contributed by atoms with van der Waals surface area (Å²) in [6, 6.07) is 13.2. The first-order valence-corrected chi connectivity index (χ1v) is 12.8. The number of hydrogen-bond donors (Lipinski definition) is 0. The Hall–Kier alpha value is -1.90. The number of sulfone groups is 1. The fourth-order valence-corrected chi connectivity index (χ4v) is 6.80. The second-order valence-corrected chi connectivity index (χ2v) is 11.4. The summed E-state index contributed by atoms with van der Waals surface area (Å²) in [4.78, 5) is 0.503. The van der Waals surface area contributed by atoms with E-state index in [1.807, 2.05) is 13.8 Å².